The highest BCUT2D eigenvalue weighted by molar-refractivity contribution is 6.39. The maximum atomic E-state index is 12.9. The summed E-state index contributed by atoms with van der Waals surface area (Å²) in [6.45, 7) is 1.73. The molecule has 1 unspecified atom stereocenters. The van der Waals surface area contributed by atoms with E-state index >= 15 is 0 Å². The van der Waals surface area contributed by atoms with E-state index in [1.165, 1.54) is 6.08 Å². The number of rotatable bonds is 4. The van der Waals surface area contributed by atoms with Crippen LogP contribution in [0.25, 0.3) is 5.57 Å². The van der Waals surface area contributed by atoms with Gasteiger partial charge in [0.05, 0.1) is 12.5 Å². The minimum absolute atomic E-state index is 0.114. The van der Waals surface area contributed by atoms with Crippen LogP contribution in [-0.4, -0.2) is 18.7 Å². The molecule has 3 nitrogen and oxygen atoms in total. The fourth-order valence-corrected chi connectivity index (χ4v) is 2.92. The summed E-state index contributed by atoms with van der Waals surface area (Å²) in [7, 11) is 1.59. The maximum absolute atomic E-state index is 12.9. The average Bonchev–Trinajstić information content (AvgIpc) is 2.80. The molecular formula is C20H18O3. The molecule has 0 amide bonds. The van der Waals surface area contributed by atoms with E-state index in [0.717, 1.165) is 16.9 Å². The molecule has 0 bridgehead atoms. The predicted octanol–water partition coefficient (Wildman–Crippen LogP) is 3.48. The van der Waals surface area contributed by atoms with Crippen molar-refractivity contribution < 1.29 is 14.3 Å². The summed E-state index contributed by atoms with van der Waals surface area (Å²) in [6, 6.07) is 16.8. The van der Waals surface area contributed by atoms with Gasteiger partial charge in [-0.15, -0.1) is 0 Å². The molecule has 0 saturated heterocycles. The summed E-state index contributed by atoms with van der Waals surface area (Å²) in [6.07, 6.45) is 1.90. The second-order valence-corrected chi connectivity index (χ2v) is 5.97. The number of ether oxygens (including phenoxy) is 1. The smallest absolute Gasteiger partial charge is 0.177 e. The summed E-state index contributed by atoms with van der Waals surface area (Å²) in [5.41, 5.74) is 1.20. The quantitative estimate of drug-likeness (QED) is 0.812. The van der Waals surface area contributed by atoms with Crippen molar-refractivity contribution in [1.82, 2.24) is 0 Å². The lowest BCUT2D eigenvalue weighted by Crippen LogP contribution is -2.33. The first kappa shape index (κ1) is 15.2. The number of benzene rings is 2. The summed E-state index contributed by atoms with van der Waals surface area (Å²) in [5, 5.41) is 0. The van der Waals surface area contributed by atoms with Crippen LogP contribution in [0.15, 0.2) is 60.7 Å². The number of hydrogen-bond acceptors (Lipinski definition) is 3. The summed E-state index contributed by atoms with van der Waals surface area (Å²) < 4.78 is 5.13. The van der Waals surface area contributed by atoms with Gasteiger partial charge in [0.2, 0.25) is 0 Å². The summed E-state index contributed by atoms with van der Waals surface area (Å²) in [5.74, 6) is 0.479. The van der Waals surface area contributed by atoms with Crippen molar-refractivity contribution in [2.24, 2.45) is 5.41 Å². The van der Waals surface area contributed by atoms with Crippen molar-refractivity contribution in [1.29, 1.82) is 0 Å². The van der Waals surface area contributed by atoms with E-state index in [1.54, 1.807) is 26.2 Å². The van der Waals surface area contributed by atoms with Gasteiger partial charge >= 0.3 is 0 Å². The molecule has 1 atom stereocenters. The Hall–Kier alpha value is -2.68. The number of hydrogen-bond donors (Lipinski definition) is 0. The minimum atomic E-state index is -1.02. The molecule has 3 heteroatoms. The van der Waals surface area contributed by atoms with Crippen molar-refractivity contribution in [3.63, 3.8) is 0 Å². The highest BCUT2D eigenvalue weighted by Crippen LogP contribution is 2.38. The first-order valence-corrected chi connectivity index (χ1v) is 7.54. The molecule has 1 aliphatic rings. The van der Waals surface area contributed by atoms with Crippen molar-refractivity contribution >= 4 is 17.1 Å². The molecule has 0 saturated carbocycles. The van der Waals surface area contributed by atoms with Gasteiger partial charge in [-0.1, -0.05) is 42.5 Å². The zero-order valence-corrected chi connectivity index (χ0v) is 13.2. The summed E-state index contributed by atoms with van der Waals surface area (Å²) >= 11 is 0. The number of carbonyl (C=O) groups is 2. The maximum Gasteiger partial charge on any atom is 0.177 e. The van der Waals surface area contributed by atoms with Gasteiger partial charge in [-0.2, -0.15) is 0 Å². The lowest BCUT2D eigenvalue weighted by Gasteiger charge is -2.21. The highest BCUT2D eigenvalue weighted by Gasteiger charge is 2.46. The topological polar surface area (TPSA) is 43.4 Å². The van der Waals surface area contributed by atoms with E-state index in [9.17, 15) is 9.59 Å². The SMILES string of the molecule is COc1ccc(C2=CC(=O)C(C)(Cc3ccccc3)C2=O)cc1. The third-order valence-corrected chi connectivity index (χ3v) is 4.37. The normalized spacial score (nSPS) is 20.5. The van der Waals surface area contributed by atoms with Crippen LogP contribution >= 0.6 is 0 Å². The molecule has 2 aromatic rings. The van der Waals surface area contributed by atoms with Crippen molar-refractivity contribution in [3.05, 3.63) is 71.8 Å². The third-order valence-electron chi connectivity index (χ3n) is 4.37. The van der Waals surface area contributed by atoms with Crippen molar-refractivity contribution in [2.45, 2.75) is 13.3 Å². The molecule has 0 aromatic heterocycles. The Morgan fingerprint density at radius 1 is 0.957 bits per heavy atom. The van der Waals surface area contributed by atoms with Gasteiger partial charge in [-0.25, -0.2) is 0 Å². The monoisotopic (exact) mass is 306 g/mol. The Kier molecular flexibility index (Phi) is 3.87. The number of allylic oxidation sites excluding steroid dienone is 2. The average molecular weight is 306 g/mol. The van der Waals surface area contributed by atoms with Crippen LogP contribution in [-0.2, 0) is 16.0 Å². The molecule has 0 heterocycles. The van der Waals surface area contributed by atoms with Crippen LogP contribution in [0.4, 0.5) is 0 Å². The minimum Gasteiger partial charge on any atom is -0.497 e. The van der Waals surface area contributed by atoms with Crippen LogP contribution in [0, 0.1) is 5.41 Å². The fraction of sp³-hybridized carbons (Fsp3) is 0.200. The number of carbonyl (C=O) groups excluding carboxylic acids is 2. The van der Waals surface area contributed by atoms with Crippen molar-refractivity contribution in [2.75, 3.05) is 7.11 Å². The van der Waals surface area contributed by atoms with Gasteiger partial charge in [0.1, 0.15) is 5.75 Å². The van der Waals surface area contributed by atoms with Crippen LogP contribution in [0.3, 0.4) is 0 Å². The Bertz CT molecular complexity index is 772. The van der Waals surface area contributed by atoms with Crippen molar-refractivity contribution in [3.8, 4) is 5.75 Å². The molecular weight excluding hydrogens is 288 g/mol. The van der Waals surface area contributed by atoms with E-state index < -0.39 is 5.41 Å². The van der Waals surface area contributed by atoms with E-state index in [1.807, 2.05) is 42.5 Å². The second-order valence-electron chi connectivity index (χ2n) is 5.97. The lowest BCUT2D eigenvalue weighted by atomic mass is 9.78. The second kappa shape index (κ2) is 5.84. The lowest BCUT2D eigenvalue weighted by molar-refractivity contribution is -0.131. The fourth-order valence-electron chi connectivity index (χ4n) is 2.92. The van der Waals surface area contributed by atoms with E-state index in [0.29, 0.717) is 12.0 Å². The predicted molar refractivity (Wildman–Crippen MR) is 89.2 cm³/mol. The molecule has 1 aliphatic carbocycles. The van der Waals surface area contributed by atoms with Gasteiger partial charge in [0.25, 0.3) is 0 Å². The molecule has 2 aromatic carbocycles. The van der Waals surface area contributed by atoms with Gasteiger partial charge in [0.15, 0.2) is 11.6 Å². The van der Waals surface area contributed by atoms with E-state index in [2.05, 4.69) is 0 Å². The van der Waals surface area contributed by atoms with Gasteiger partial charge < -0.3 is 4.74 Å². The molecule has 0 radical (unpaired) electrons. The van der Waals surface area contributed by atoms with Gasteiger partial charge in [0, 0.05) is 5.57 Å². The Morgan fingerprint density at radius 3 is 2.22 bits per heavy atom. The molecule has 3 rings (SSSR count). The number of Topliss-reactive ketones (excluding diaryl/α,β-unsaturated/α-hetero) is 1. The standard InChI is InChI=1S/C20H18O3/c1-20(13-14-6-4-3-5-7-14)18(21)12-17(19(20)22)15-8-10-16(23-2)11-9-15/h3-12H,13H2,1-2H3. The molecule has 0 N–H and O–H groups in total. The van der Waals surface area contributed by atoms with Crippen LogP contribution in [0.1, 0.15) is 18.1 Å². The third kappa shape index (κ3) is 2.70. The Labute approximate surface area is 135 Å². The van der Waals surface area contributed by atoms with Crippen LogP contribution < -0.4 is 4.74 Å². The number of ketones is 2. The van der Waals surface area contributed by atoms with Gasteiger partial charge in [-0.05, 0) is 42.7 Å². The zero-order chi connectivity index (χ0) is 16.4. The first-order chi connectivity index (χ1) is 11.0. The molecule has 0 fully saturated rings. The summed E-state index contributed by atoms with van der Waals surface area (Å²) in [4.78, 5) is 25.4. The molecule has 116 valence electrons. The van der Waals surface area contributed by atoms with Crippen LogP contribution in [0.5, 0.6) is 5.75 Å². The Balaban J connectivity index is 1.89. The molecule has 0 aliphatic heterocycles. The molecule has 23 heavy (non-hydrogen) atoms. The number of methoxy groups -OCH3 is 1. The van der Waals surface area contributed by atoms with E-state index in [4.69, 9.17) is 4.74 Å². The highest BCUT2D eigenvalue weighted by atomic mass is 16.5. The zero-order valence-electron chi connectivity index (χ0n) is 13.2. The largest absolute Gasteiger partial charge is 0.497 e. The molecule has 0 spiro atoms. The van der Waals surface area contributed by atoms with Crippen LogP contribution in [0.2, 0.25) is 0 Å². The Morgan fingerprint density at radius 2 is 1.61 bits per heavy atom. The first-order valence-electron chi connectivity index (χ1n) is 7.54. The van der Waals surface area contributed by atoms with Gasteiger partial charge in [-0.3, -0.25) is 9.59 Å². The van der Waals surface area contributed by atoms with E-state index in [-0.39, 0.29) is 11.6 Å².